The second-order valence-electron chi connectivity index (χ2n) is 5.15. The molecule has 3 nitrogen and oxygen atoms in total. The van der Waals surface area contributed by atoms with E-state index in [9.17, 15) is 0 Å². The molecule has 112 valence electrons. The van der Waals surface area contributed by atoms with Gasteiger partial charge in [-0.1, -0.05) is 24.3 Å². The van der Waals surface area contributed by atoms with E-state index in [1.165, 1.54) is 0 Å². The number of hydrogen-bond donors (Lipinski definition) is 0. The smallest absolute Gasteiger partial charge is 0.135 e. The van der Waals surface area contributed by atoms with Crippen molar-refractivity contribution < 1.29 is 9.15 Å². The lowest BCUT2D eigenvalue weighted by atomic mass is 10.2. The molecule has 0 spiro atoms. The van der Waals surface area contributed by atoms with Gasteiger partial charge in [0.05, 0.1) is 13.3 Å². The third-order valence-corrected chi connectivity index (χ3v) is 3.66. The molecule has 3 heteroatoms. The van der Waals surface area contributed by atoms with Crippen LogP contribution in [0.3, 0.4) is 0 Å². The fraction of sp³-hybridized carbons (Fsp3) is 0.158. The van der Waals surface area contributed by atoms with Gasteiger partial charge < -0.3 is 14.1 Å². The number of fused-ring (bicyclic) bond motifs is 1. The normalized spacial score (nSPS) is 17.2. The van der Waals surface area contributed by atoms with E-state index in [0.29, 0.717) is 0 Å². The molecule has 0 fully saturated rings. The Hall–Kier alpha value is -2.68. The topological polar surface area (TPSA) is 25.6 Å². The van der Waals surface area contributed by atoms with E-state index in [1.807, 2.05) is 55.3 Å². The fourth-order valence-corrected chi connectivity index (χ4v) is 2.43. The molecule has 1 aromatic carbocycles. The molecule has 0 atom stereocenters. The quantitative estimate of drug-likeness (QED) is 0.791. The highest BCUT2D eigenvalue weighted by atomic mass is 16.5. The Morgan fingerprint density at radius 1 is 1.23 bits per heavy atom. The van der Waals surface area contributed by atoms with Crippen molar-refractivity contribution in [3.05, 3.63) is 78.2 Å². The fourth-order valence-electron chi connectivity index (χ4n) is 2.43. The number of para-hydroxylation sites is 1. The summed E-state index contributed by atoms with van der Waals surface area (Å²) in [5.41, 5.74) is 3.05. The zero-order valence-electron chi connectivity index (χ0n) is 13.0. The first-order valence-electron chi connectivity index (χ1n) is 7.27. The molecule has 1 aliphatic rings. The predicted octanol–water partition coefficient (Wildman–Crippen LogP) is 5.06. The molecule has 0 N–H and O–H groups in total. The largest absolute Gasteiger partial charge is 0.495 e. The summed E-state index contributed by atoms with van der Waals surface area (Å²) in [6.07, 6.45) is 10.1. The van der Waals surface area contributed by atoms with E-state index in [4.69, 9.17) is 9.15 Å². The summed E-state index contributed by atoms with van der Waals surface area (Å²) in [7, 11) is 1.67. The average Bonchev–Trinajstić information content (AvgIpc) is 2.99. The lowest BCUT2D eigenvalue weighted by Crippen LogP contribution is -2.12. The summed E-state index contributed by atoms with van der Waals surface area (Å²) in [5, 5.41) is 1.11. The lowest BCUT2D eigenvalue weighted by molar-refractivity contribution is 0.297. The van der Waals surface area contributed by atoms with E-state index in [1.54, 1.807) is 7.11 Å². The van der Waals surface area contributed by atoms with Crippen LogP contribution >= 0.6 is 0 Å². The van der Waals surface area contributed by atoms with Crippen molar-refractivity contribution in [3.8, 4) is 0 Å². The predicted molar refractivity (Wildman–Crippen MR) is 89.7 cm³/mol. The van der Waals surface area contributed by atoms with Crippen LogP contribution in [-0.4, -0.2) is 12.0 Å². The summed E-state index contributed by atoms with van der Waals surface area (Å²) >= 11 is 0. The Morgan fingerprint density at radius 3 is 2.77 bits per heavy atom. The van der Waals surface area contributed by atoms with Crippen molar-refractivity contribution >= 4 is 16.5 Å². The molecule has 2 aromatic rings. The maximum atomic E-state index is 5.91. The van der Waals surface area contributed by atoms with Crippen molar-refractivity contribution in [2.75, 3.05) is 7.11 Å². The maximum absolute atomic E-state index is 5.91. The molecule has 1 aromatic heterocycles. The molecule has 0 unspecified atom stereocenters. The number of methoxy groups -OCH3 is 1. The summed E-state index contributed by atoms with van der Waals surface area (Å²) in [5.74, 6) is 1.69. The first-order valence-corrected chi connectivity index (χ1v) is 7.27. The third kappa shape index (κ3) is 2.70. The van der Waals surface area contributed by atoms with Crippen molar-refractivity contribution in [3.63, 3.8) is 0 Å². The van der Waals surface area contributed by atoms with E-state index in [0.717, 1.165) is 33.8 Å². The van der Waals surface area contributed by atoms with Crippen LogP contribution in [0.5, 0.6) is 0 Å². The van der Waals surface area contributed by atoms with Crippen LogP contribution in [0.4, 0.5) is 0 Å². The molecule has 22 heavy (non-hydrogen) atoms. The SMILES string of the molecule is CC=C1C=CC(OC)=CN1/C=C(\C)c1cc2ccccc2o1. The van der Waals surface area contributed by atoms with Gasteiger partial charge in [0, 0.05) is 22.9 Å². The van der Waals surface area contributed by atoms with Crippen molar-refractivity contribution in [1.82, 2.24) is 4.90 Å². The van der Waals surface area contributed by atoms with Crippen molar-refractivity contribution in [2.24, 2.45) is 0 Å². The minimum atomic E-state index is 0.819. The highest BCUT2D eigenvalue weighted by molar-refractivity contribution is 5.81. The van der Waals surface area contributed by atoms with Gasteiger partial charge in [0.15, 0.2) is 0 Å². The number of furan rings is 1. The Morgan fingerprint density at radius 2 is 2.05 bits per heavy atom. The number of hydrogen-bond acceptors (Lipinski definition) is 3. The molecule has 0 saturated heterocycles. The lowest BCUT2D eigenvalue weighted by Gasteiger charge is -2.22. The zero-order chi connectivity index (χ0) is 15.5. The summed E-state index contributed by atoms with van der Waals surface area (Å²) in [6.45, 7) is 4.06. The number of rotatable bonds is 3. The zero-order valence-corrected chi connectivity index (χ0v) is 13.0. The molecular formula is C19H19NO2. The summed E-state index contributed by atoms with van der Waals surface area (Å²) in [6, 6.07) is 10.1. The Labute approximate surface area is 130 Å². The first-order chi connectivity index (χ1) is 10.7. The van der Waals surface area contributed by atoms with Crippen molar-refractivity contribution in [1.29, 1.82) is 0 Å². The van der Waals surface area contributed by atoms with Gasteiger partial charge in [0.2, 0.25) is 0 Å². The average molecular weight is 293 g/mol. The first kappa shape index (κ1) is 14.3. The molecule has 0 aliphatic carbocycles. The maximum Gasteiger partial charge on any atom is 0.135 e. The van der Waals surface area contributed by atoms with E-state index < -0.39 is 0 Å². The highest BCUT2D eigenvalue weighted by Crippen LogP contribution is 2.26. The molecular weight excluding hydrogens is 274 g/mol. The Kier molecular flexibility index (Phi) is 3.88. The summed E-state index contributed by atoms with van der Waals surface area (Å²) in [4.78, 5) is 2.04. The third-order valence-electron chi connectivity index (χ3n) is 3.66. The van der Waals surface area contributed by atoms with Gasteiger partial charge in [0.25, 0.3) is 0 Å². The van der Waals surface area contributed by atoms with Crippen LogP contribution in [0.2, 0.25) is 0 Å². The Balaban J connectivity index is 1.95. The van der Waals surface area contributed by atoms with Crippen molar-refractivity contribution in [2.45, 2.75) is 13.8 Å². The number of allylic oxidation sites excluding steroid dienone is 4. The van der Waals surface area contributed by atoms with Crippen LogP contribution in [0.15, 0.2) is 76.8 Å². The van der Waals surface area contributed by atoms with Gasteiger partial charge in [-0.2, -0.15) is 0 Å². The van der Waals surface area contributed by atoms with Crippen LogP contribution in [0.25, 0.3) is 16.5 Å². The molecule has 2 heterocycles. The molecule has 0 amide bonds. The van der Waals surface area contributed by atoms with E-state index in [2.05, 4.69) is 24.4 Å². The Bertz CT molecular complexity index is 773. The second kappa shape index (κ2) is 5.98. The summed E-state index contributed by atoms with van der Waals surface area (Å²) < 4.78 is 11.2. The molecule has 0 radical (unpaired) electrons. The minimum Gasteiger partial charge on any atom is -0.495 e. The van der Waals surface area contributed by atoms with Crippen LogP contribution in [0, 0.1) is 0 Å². The van der Waals surface area contributed by atoms with Gasteiger partial charge in [-0.15, -0.1) is 0 Å². The standard InChI is InChI=1S/C19H19NO2/c1-4-16-9-10-17(21-3)13-20(16)12-14(2)19-11-15-7-5-6-8-18(15)22-19/h4-13H,1-3H3/b14-12+,16-4?. The highest BCUT2D eigenvalue weighted by Gasteiger charge is 2.11. The minimum absolute atomic E-state index is 0.819. The number of nitrogens with zero attached hydrogens (tertiary/aromatic N) is 1. The van der Waals surface area contributed by atoms with Gasteiger partial charge >= 0.3 is 0 Å². The number of benzene rings is 1. The molecule has 3 rings (SSSR count). The van der Waals surface area contributed by atoms with Gasteiger partial charge in [-0.05, 0) is 38.1 Å². The molecule has 0 saturated carbocycles. The molecule has 0 bridgehead atoms. The number of ether oxygens (including phenoxy) is 1. The van der Waals surface area contributed by atoms with Crippen LogP contribution in [0.1, 0.15) is 19.6 Å². The van der Waals surface area contributed by atoms with E-state index in [-0.39, 0.29) is 0 Å². The second-order valence-corrected chi connectivity index (χ2v) is 5.15. The van der Waals surface area contributed by atoms with E-state index >= 15 is 0 Å². The van der Waals surface area contributed by atoms with Crippen LogP contribution < -0.4 is 0 Å². The van der Waals surface area contributed by atoms with Crippen LogP contribution in [-0.2, 0) is 4.74 Å². The van der Waals surface area contributed by atoms with Gasteiger partial charge in [-0.3, -0.25) is 0 Å². The molecule has 1 aliphatic heterocycles. The van der Waals surface area contributed by atoms with Gasteiger partial charge in [-0.25, -0.2) is 0 Å². The van der Waals surface area contributed by atoms with Gasteiger partial charge in [0.1, 0.15) is 17.1 Å². The monoisotopic (exact) mass is 293 g/mol.